The van der Waals surface area contributed by atoms with Crippen molar-refractivity contribution in [1.29, 1.82) is 0 Å². The monoisotopic (exact) mass is 424 g/mol. The van der Waals surface area contributed by atoms with Crippen LogP contribution in [0.3, 0.4) is 0 Å². The van der Waals surface area contributed by atoms with Crippen molar-refractivity contribution < 1.29 is 14.3 Å². The number of para-hydroxylation sites is 1. The van der Waals surface area contributed by atoms with Crippen molar-refractivity contribution in [3.05, 3.63) is 59.1 Å². The number of rotatable bonds is 9. The molecule has 0 radical (unpaired) electrons. The second-order valence-electron chi connectivity index (χ2n) is 6.97. The van der Waals surface area contributed by atoms with Gasteiger partial charge in [-0.3, -0.25) is 4.79 Å². The first-order valence-corrected chi connectivity index (χ1v) is 11.0. The van der Waals surface area contributed by atoms with Crippen LogP contribution in [0.15, 0.2) is 48.5 Å². The van der Waals surface area contributed by atoms with Crippen LogP contribution in [-0.4, -0.2) is 36.1 Å². The molecule has 1 amide bonds. The minimum Gasteiger partial charge on any atom is -0.490 e. The lowest BCUT2D eigenvalue weighted by molar-refractivity contribution is -0.126. The smallest absolute Gasteiger partial charge is 0.246 e. The minimum absolute atomic E-state index is 0.0778. The van der Waals surface area contributed by atoms with Crippen LogP contribution in [-0.2, 0) is 4.79 Å². The largest absolute Gasteiger partial charge is 0.490 e. The molecule has 3 rings (SSSR count). The molecule has 0 aliphatic rings. The van der Waals surface area contributed by atoms with Gasteiger partial charge in [0.1, 0.15) is 5.01 Å². The molecule has 0 fully saturated rings. The highest BCUT2D eigenvalue weighted by molar-refractivity contribution is 7.18. The van der Waals surface area contributed by atoms with Crippen LogP contribution in [0.2, 0.25) is 0 Å². The van der Waals surface area contributed by atoms with Crippen molar-refractivity contribution in [3.8, 4) is 11.5 Å². The molecule has 3 aromatic rings. The molecular weight excluding hydrogens is 396 g/mol. The van der Waals surface area contributed by atoms with E-state index in [9.17, 15) is 4.79 Å². The zero-order valence-electron chi connectivity index (χ0n) is 17.9. The first-order chi connectivity index (χ1) is 14.5. The van der Waals surface area contributed by atoms with Gasteiger partial charge in [0.25, 0.3) is 0 Å². The average Bonchev–Trinajstić information content (AvgIpc) is 3.20. The van der Waals surface area contributed by atoms with E-state index in [1.54, 1.807) is 35.4 Å². The number of fused-ring (bicyclic) bond motifs is 1. The predicted octanol–water partition coefficient (Wildman–Crippen LogP) is 5.72. The lowest BCUT2D eigenvalue weighted by Gasteiger charge is -2.21. The summed E-state index contributed by atoms with van der Waals surface area (Å²) in [4.78, 5) is 19.1. The number of carbonyl (C=O) groups is 1. The molecule has 0 aliphatic carbocycles. The fraction of sp³-hybridized carbons (Fsp3) is 0.333. The summed E-state index contributed by atoms with van der Waals surface area (Å²) in [5.41, 5.74) is 1.85. The van der Waals surface area contributed by atoms with Crippen molar-refractivity contribution in [2.45, 2.75) is 33.2 Å². The van der Waals surface area contributed by atoms with E-state index >= 15 is 0 Å². The Bertz CT molecular complexity index is 995. The topological polar surface area (TPSA) is 51.7 Å². The van der Waals surface area contributed by atoms with E-state index in [4.69, 9.17) is 9.47 Å². The van der Waals surface area contributed by atoms with Crippen molar-refractivity contribution >= 4 is 33.5 Å². The highest BCUT2D eigenvalue weighted by Gasteiger charge is 2.19. The average molecular weight is 425 g/mol. The summed E-state index contributed by atoms with van der Waals surface area (Å²) in [6.07, 6.45) is 4.32. The zero-order valence-corrected chi connectivity index (χ0v) is 18.7. The quantitative estimate of drug-likeness (QED) is 0.413. The van der Waals surface area contributed by atoms with Gasteiger partial charge in [0.05, 0.1) is 29.5 Å². The van der Waals surface area contributed by atoms with E-state index in [0.717, 1.165) is 33.0 Å². The number of thiazole rings is 1. The number of hydrogen-bond donors (Lipinski definition) is 0. The molecule has 0 unspecified atom stereocenters. The van der Waals surface area contributed by atoms with E-state index in [0.29, 0.717) is 19.0 Å². The second kappa shape index (κ2) is 10.3. The Morgan fingerprint density at radius 2 is 1.97 bits per heavy atom. The van der Waals surface area contributed by atoms with E-state index in [2.05, 4.69) is 18.0 Å². The van der Waals surface area contributed by atoms with Crippen LogP contribution in [0.4, 0.5) is 0 Å². The minimum atomic E-state index is -0.108. The zero-order chi connectivity index (χ0) is 21.5. The maximum absolute atomic E-state index is 12.7. The Morgan fingerprint density at radius 1 is 1.17 bits per heavy atom. The summed E-state index contributed by atoms with van der Waals surface area (Å²) in [5, 5.41) is 0.927. The van der Waals surface area contributed by atoms with Gasteiger partial charge in [0, 0.05) is 13.1 Å². The molecular formula is C24H28N2O3S. The maximum atomic E-state index is 12.7. The third-order valence-electron chi connectivity index (χ3n) is 4.74. The highest BCUT2D eigenvalue weighted by atomic mass is 32.1. The third-order valence-corrected chi connectivity index (χ3v) is 5.95. The Kier molecular flexibility index (Phi) is 7.46. The van der Waals surface area contributed by atoms with E-state index in [1.165, 1.54) is 0 Å². The third kappa shape index (κ3) is 5.19. The van der Waals surface area contributed by atoms with Crippen LogP contribution in [0.5, 0.6) is 11.5 Å². The van der Waals surface area contributed by atoms with Crippen molar-refractivity contribution in [2.75, 3.05) is 20.3 Å². The number of benzene rings is 2. The summed E-state index contributed by atoms with van der Waals surface area (Å²) in [5.74, 6) is 1.34. The van der Waals surface area contributed by atoms with Crippen LogP contribution in [0.1, 0.15) is 43.8 Å². The fourth-order valence-electron chi connectivity index (χ4n) is 2.94. The Balaban J connectivity index is 1.71. The normalized spacial score (nSPS) is 12.3. The number of hydrogen-bond acceptors (Lipinski definition) is 5. The number of aromatic nitrogens is 1. The van der Waals surface area contributed by atoms with Crippen LogP contribution in [0.25, 0.3) is 16.3 Å². The molecule has 0 spiro atoms. The molecule has 30 heavy (non-hydrogen) atoms. The Morgan fingerprint density at radius 3 is 2.70 bits per heavy atom. The molecule has 2 aromatic carbocycles. The molecule has 0 aliphatic heterocycles. The fourth-order valence-corrected chi connectivity index (χ4v) is 4.00. The number of ether oxygens (including phenoxy) is 2. The van der Waals surface area contributed by atoms with Gasteiger partial charge >= 0.3 is 0 Å². The van der Waals surface area contributed by atoms with Gasteiger partial charge in [-0.25, -0.2) is 4.98 Å². The number of amides is 1. The lowest BCUT2D eigenvalue weighted by Crippen LogP contribution is -2.27. The lowest BCUT2D eigenvalue weighted by atomic mass is 10.1. The molecule has 1 heterocycles. The first-order valence-electron chi connectivity index (χ1n) is 10.2. The molecule has 6 heteroatoms. The van der Waals surface area contributed by atoms with Crippen LogP contribution < -0.4 is 9.47 Å². The van der Waals surface area contributed by atoms with Gasteiger partial charge in [0.15, 0.2) is 11.5 Å². The summed E-state index contributed by atoms with van der Waals surface area (Å²) < 4.78 is 12.6. The second-order valence-corrected chi connectivity index (χ2v) is 8.03. The molecule has 1 aromatic heterocycles. The maximum Gasteiger partial charge on any atom is 0.246 e. The molecule has 0 saturated carbocycles. The van der Waals surface area contributed by atoms with E-state index in [1.807, 2.05) is 50.2 Å². The molecule has 0 N–H and O–H groups in total. The predicted molar refractivity (Wildman–Crippen MR) is 123 cm³/mol. The van der Waals surface area contributed by atoms with Crippen molar-refractivity contribution in [2.24, 2.45) is 0 Å². The molecule has 0 saturated heterocycles. The van der Waals surface area contributed by atoms with Crippen LogP contribution >= 0.6 is 11.3 Å². The Labute approximate surface area is 182 Å². The standard InChI is InChI=1S/C24H28N2O3S/c1-5-15-29-20-13-11-18(16-21(20)28-6-2)12-14-23(27)26(4)17(3)24-25-19-9-7-8-10-22(19)30-24/h7-14,16-17H,5-6,15H2,1-4H3/b14-12+/t17-/m1/s1. The number of likely N-dealkylation sites (N-methyl/N-ethyl adjacent to an activating group) is 1. The summed E-state index contributed by atoms with van der Waals surface area (Å²) in [6, 6.07) is 13.6. The molecule has 5 nitrogen and oxygen atoms in total. The Hall–Kier alpha value is -2.86. The van der Waals surface area contributed by atoms with Crippen LogP contribution in [0, 0.1) is 0 Å². The number of carbonyl (C=O) groups excluding carboxylic acids is 1. The van der Waals surface area contributed by atoms with Gasteiger partial charge in [-0.2, -0.15) is 0 Å². The van der Waals surface area contributed by atoms with Gasteiger partial charge in [-0.15, -0.1) is 11.3 Å². The highest BCUT2D eigenvalue weighted by Crippen LogP contribution is 2.30. The molecule has 1 atom stereocenters. The van der Waals surface area contributed by atoms with Gasteiger partial charge < -0.3 is 14.4 Å². The molecule has 0 bridgehead atoms. The van der Waals surface area contributed by atoms with E-state index < -0.39 is 0 Å². The number of nitrogens with zero attached hydrogens (tertiary/aromatic N) is 2. The van der Waals surface area contributed by atoms with E-state index in [-0.39, 0.29) is 11.9 Å². The van der Waals surface area contributed by atoms with Crippen molar-refractivity contribution in [1.82, 2.24) is 9.88 Å². The SMILES string of the molecule is CCCOc1ccc(/C=C/C(=O)N(C)[C@H](C)c2nc3ccccc3s2)cc1OCC. The summed E-state index contributed by atoms with van der Waals surface area (Å²) in [7, 11) is 1.80. The van der Waals surface area contributed by atoms with Gasteiger partial charge in [-0.05, 0) is 56.2 Å². The van der Waals surface area contributed by atoms with Gasteiger partial charge in [0.2, 0.25) is 5.91 Å². The van der Waals surface area contributed by atoms with Crippen molar-refractivity contribution in [3.63, 3.8) is 0 Å². The first kappa shape index (κ1) is 21.8. The summed E-state index contributed by atoms with van der Waals surface area (Å²) in [6.45, 7) is 7.19. The molecule has 158 valence electrons. The summed E-state index contributed by atoms with van der Waals surface area (Å²) >= 11 is 1.62. The van der Waals surface area contributed by atoms with Gasteiger partial charge in [-0.1, -0.05) is 25.1 Å².